The highest BCUT2D eigenvalue weighted by atomic mass is 32.2. The number of ketones is 1. The number of rotatable bonds is 5. The lowest BCUT2D eigenvalue weighted by atomic mass is 10.1. The fraction of sp³-hybridized carbons (Fsp3) is 0.385. The van der Waals surface area contributed by atoms with Gasteiger partial charge in [-0.3, -0.25) is 4.79 Å². The Balaban J connectivity index is 2.73. The number of hydrogen-bond acceptors (Lipinski definition) is 4. The topological polar surface area (TPSA) is 43.4 Å². The molecule has 0 atom stereocenters. The first-order chi connectivity index (χ1) is 8.04. The second-order valence-electron chi connectivity index (χ2n) is 3.74. The molecule has 0 aliphatic rings. The molecular weight excluding hydrogens is 236 g/mol. The van der Waals surface area contributed by atoms with Gasteiger partial charge >= 0.3 is 5.97 Å². The van der Waals surface area contributed by atoms with Gasteiger partial charge in [0.05, 0.1) is 6.61 Å². The summed E-state index contributed by atoms with van der Waals surface area (Å²) in [6, 6.07) is 7.00. The molecule has 0 saturated heterocycles. The molecule has 17 heavy (non-hydrogen) atoms. The summed E-state index contributed by atoms with van der Waals surface area (Å²) in [5, 5.41) is 0.488. The summed E-state index contributed by atoms with van der Waals surface area (Å²) in [6.45, 7) is 6.09. The maximum absolute atomic E-state index is 11.6. The molecule has 0 bridgehead atoms. The van der Waals surface area contributed by atoms with E-state index in [0.717, 1.165) is 4.90 Å². The molecule has 4 heteroatoms. The van der Waals surface area contributed by atoms with Crippen molar-refractivity contribution in [1.82, 2.24) is 0 Å². The molecule has 0 saturated carbocycles. The molecule has 0 radical (unpaired) electrons. The van der Waals surface area contributed by atoms with Crippen LogP contribution >= 0.6 is 11.8 Å². The molecule has 1 aromatic carbocycles. The third-order valence-corrected chi connectivity index (χ3v) is 2.96. The third kappa shape index (κ3) is 4.23. The van der Waals surface area contributed by atoms with Gasteiger partial charge in [-0.1, -0.05) is 13.8 Å². The Morgan fingerprint density at radius 3 is 2.29 bits per heavy atom. The Bertz CT molecular complexity index is 396. The first kappa shape index (κ1) is 13.8. The van der Waals surface area contributed by atoms with Gasteiger partial charge in [0.25, 0.3) is 5.78 Å². The maximum Gasteiger partial charge on any atom is 0.379 e. The Kier molecular flexibility index (Phi) is 5.22. The summed E-state index contributed by atoms with van der Waals surface area (Å²) < 4.78 is 4.66. The number of carbonyl (C=O) groups excluding carboxylic acids is 2. The van der Waals surface area contributed by atoms with Crippen molar-refractivity contribution in [1.29, 1.82) is 0 Å². The Labute approximate surface area is 106 Å². The van der Waals surface area contributed by atoms with Gasteiger partial charge in [0.1, 0.15) is 0 Å². The Morgan fingerprint density at radius 2 is 1.82 bits per heavy atom. The van der Waals surface area contributed by atoms with Crippen LogP contribution in [0.3, 0.4) is 0 Å². The van der Waals surface area contributed by atoms with Crippen molar-refractivity contribution < 1.29 is 14.3 Å². The van der Waals surface area contributed by atoms with Gasteiger partial charge in [0, 0.05) is 15.7 Å². The number of ether oxygens (including phenoxy) is 1. The predicted molar refractivity (Wildman–Crippen MR) is 68.4 cm³/mol. The van der Waals surface area contributed by atoms with Crippen LogP contribution in [-0.2, 0) is 9.53 Å². The lowest BCUT2D eigenvalue weighted by Crippen LogP contribution is -2.17. The van der Waals surface area contributed by atoms with Crippen LogP contribution in [-0.4, -0.2) is 23.6 Å². The summed E-state index contributed by atoms with van der Waals surface area (Å²) in [4.78, 5) is 23.9. The molecule has 0 aliphatic heterocycles. The second-order valence-corrected chi connectivity index (χ2v) is 5.39. The van der Waals surface area contributed by atoms with E-state index >= 15 is 0 Å². The van der Waals surface area contributed by atoms with Crippen LogP contribution in [0, 0.1) is 0 Å². The zero-order valence-corrected chi connectivity index (χ0v) is 11.0. The molecule has 0 N–H and O–H groups in total. The summed E-state index contributed by atoms with van der Waals surface area (Å²) >= 11 is 1.71. The number of esters is 1. The minimum absolute atomic E-state index is 0.214. The van der Waals surface area contributed by atoms with E-state index in [1.54, 1.807) is 30.8 Å². The van der Waals surface area contributed by atoms with Gasteiger partial charge < -0.3 is 4.74 Å². The second kappa shape index (κ2) is 6.45. The zero-order valence-electron chi connectivity index (χ0n) is 10.2. The van der Waals surface area contributed by atoms with Gasteiger partial charge in [0.2, 0.25) is 0 Å². The Morgan fingerprint density at radius 1 is 1.24 bits per heavy atom. The van der Waals surface area contributed by atoms with E-state index in [-0.39, 0.29) is 6.61 Å². The number of carbonyl (C=O) groups is 2. The van der Waals surface area contributed by atoms with E-state index in [2.05, 4.69) is 18.6 Å². The highest BCUT2D eigenvalue weighted by Crippen LogP contribution is 2.22. The van der Waals surface area contributed by atoms with Crippen LogP contribution in [0.1, 0.15) is 31.1 Å². The molecule has 3 nitrogen and oxygen atoms in total. The number of thioether (sulfide) groups is 1. The van der Waals surface area contributed by atoms with Crippen molar-refractivity contribution in [2.75, 3.05) is 6.61 Å². The van der Waals surface area contributed by atoms with Gasteiger partial charge in [0.15, 0.2) is 0 Å². The highest BCUT2D eigenvalue weighted by molar-refractivity contribution is 7.99. The van der Waals surface area contributed by atoms with Crippen LogP contribution in [0.25, 0.3) is 0 Å². The fourth-order valence-corrected chi connectivity index (χ4v) is 2.11. The standard InChI is InChI=1S/C13H16O3S/c1-4-16-13(15)12(14)10-5-7-11(8-6-10)17-9(2)3/h5-9H,4H2,1-3H3. The minimum Gasteiger partial charge on any atom is -0.460 e. The molecule has 0 unspecified atom stereocenters. The van der Waals surface area contributed by atoms with E-state index in [1.165, 1.54) is 0 Å². The summed E-state index contributed by atoms with van der Waals surface area (Å²) in [7, 11) is 0. The van der Waals surface area contributed by atoms with Crippen LogP contribution in [0.4, 0.5) is 0 Å². The van der Waals surface area contributed by atoms with Crippen LogP contribution in [0.15, 0.2) is 29.2 Å². The average molecular weight is 252 g/mol. The van der Waals surface area contributed by atoms with E-state index in [9.17, 15) is 9.59 Å². The Hall–Kier alpha value is -1.29. The number of benzene rings is 1. The molecule has 0 spiro atoms. The molecule has 0 fully saturated rings. The molecule has 1 aromatic rings. The first-order valence-corrected chi connectivity index (χ1v) is 6.40. The number of hydrogen-bond donors (Lipinski definition) is 0. The summed E-state index contributed by atoms with van der Waals surface area (Å²) in [6.07, 6.45) is 0. The van der Waals surface area contributed by atoms with E-state index in [4.69, 9.17) is 0 Å². The summed E-state index contributed by atoms with van der Waals surface area (Å²) in [5.74, 6) is -1.38. The van der Waals surface area contributed by atoms with Crippen molar-refractivity contribution in [2.24, 2.45) is 0 Å². The van der Waals surface area contributed by atoms with Crippen molar-refractivity contribution in [3.63, 3.8) is 0 Å². The molecular formula is C13H16O3S. The van der Waals surface area contributed by atoms with Crippen molar-refractivity contribution in [3.05, 3.63) is 29.8 Å². The van der Waals surface area contributed by atoms with E-state index in [1.807, 2.05) is 12.1 Å². The molecule has 0 heterocycles. The van der Waals surface area contributed by atoms with Gasteiger partial charge in [-0.05, 0) is 31.2 Å². The monoisotopic (exact) mass is 252 g/mol. The van der Waals surface area contributed by atoms with Crippen molar-refractivity contribution in [2.45, 2.75) is 30.9 Å². The third-order valence-electron chi connectivity index (χ3n) is 1.95. The maximum atomic E-state index is 11.6. The van der Waals surface area contributed by atoms with Crippen molar-refractivity contribution >= 4 is 23.5 Å². The lowest BCUT2D eigenvalue weighted by molar-refractivity contribution is -0.137. The lowest BCUT2D eigenvalue weighted by Gasteiger charge is -2.05. The van der Waals surface area contributed by atoms with Gasteiger partial charge in [-0.25, -0.2) is 4.79 Å². The zero-order chi connectivity index (χ0) is 12.8. The molecule has 0 aliphatic carbocycles. The minimum atomic E-state index is -0.795. The SMILES string of the molecule is CCOC(=O)C(=O)c1ccc(SC(C)C)cc1. The fourth-order valence-electron chi connectivity index (χ4n) is 1.27. The van der Waals surface area contributed by atoms with E-state index < -0.39 is 11.8 Å². The predicted octanol–water partition coefficient (Wildman–Crippen LogP) is 2.93. The first-order valence-electron chi connectivity index (χ1n) is 5.52. The smallest absolute Gasteiger partial charge is 0.379 e. The van der Waals surface area contributed by atoms with Gasteiger partial charge in [-0.15, -0.1) is 11.8 Å². The number of Topliss-reactive ketones (excluding diaryl/α,β-unsaturated/α-hetero) is 1. The van der Waals surface area contributed by atoms with Crippen LogP contribution < -0.4 is 0 Å². The van der Waals surface area contributed by atoms with Crippen LogP contribution in [0.2, 0.25) is 0 Å². The van der Waals surface area contributed by atoms with Gasteiger partial charge in [-0.2, -0.15) is 0 Å². The average Bonchev–Trinajstić information content (AvgIpc) is 2.28. The van der Waals surface area contributed by atoms with Crippen LogP contribution in [0.5, 0.6) is 0 Å². The quantitative estimate of drug-likeness (QED) is 0.350. The summed E-state index contributed by atoms with van der Waals surface area (Å²) in [5.41, 5.74) is 0.372. The van der Waals surface area contributed by atoms with Crippen molar-refractivity contribution in [3.8, 4) is 0 Å². The molecule has 0 aromatic heterocycles. The molecule has 1 rings (SSSR count). The normalized spacial score (nSPS) is 10.4. The molecule has 92 valence electrons. The van der Waals surface area contributed by atoms with E-state index in [0.29, 0.717) is 10.8 Å². The highest BCUT2D eigenvalue weighted by Gasteiger charge is 2.16. The largest absolute Gasteiger partial charge is 0.460 e. The molecule has 0 amide bonds.